The molecule has 0 aliphatic heterocycles. The molecule has 0 spiro atoms. The molecule has 72 heavy (non-hydrogen) atoms. The molecule has 0 N–H and O–H groups in total. The van der Waals surface area contributed by atoms with Gasteiger partial charge in [0.2, 0.25) is 0 Å². The van der Waals surface area contributed by atoms with Crippen LogP contribution in [0.3, 0.4) is 0 Å². The summed E-state index contributed by atoms with van der Waals surface area (Å²) < 4.78 is 0. The minimum Gasteiger partial charge on any atom is -0.311 e. The summed E-state index contributed by atoms with van der Waals surface area (Å²) in [5, 5.41) is 0. The second kappa shape index (κ2) is 20.7. The van der Waals surface area contributed by atoms with Gasteiger partial charge in [-0.05, 0) is 188 Å². The van der Waals surface area contributed by atoms with Crippen molar-refractivity contribution in [2.75, 3.05) is 19.6 Å². The van der Waals surface area contributed by atoms with Crippen molar-refractivity contribution in [2.45, 2.75) is 13.8 Å². The van der Waals surface area contributed by atoms with Crippen molar-refractivity contribution in [3.05, 3.63) is 302 Å². The fourth-order valence-corrected chi connectivity index (χ4v) is 9.47. The largest absolute Gasteiger partial charge is 0.311 e. The topological polar surface area (TPSA) is 13.0 Å². The average molecular weight is 927 g/mol. The first-order chi connectivity index (χ1) is 35.5. The highest BCUT2D eigenvalue weighted by Crippen LogP contribution is 2.42. The number of hydrogen-bond acceptors (Lipinski definition) is 4. The SMILES string of the molecule is Cc1ccc(N(c2ccccc2)c2ccc(N(c3ccccc3)c3ccc(-c4cccc(-c5ccc(N(c6ccccc6)c6ccc(N(c7ccccc7)c7ccc(C)cc7)cc6)cc5)c4)cc3)cc2)cc1. The van der Waals surface area contributed by atoms with Crippen molar-refractivity contribution in [3.8, 4) is 22.3 Å². The van der Waals surface area contributed by atoms with Gasteiger partial charge in [-0.2, -0.15) is 0 Å². The Hall–Kier alpha value is -9.38. The van der Waals surface area contributed by atoms with Crippen LogP contribution in [0.5, 0.6) is 0 Å². The highest BCUT2D eigenvalue weighted by atomic mass is 15.2. The second-order valence-corrected chi connectivity index (χ2v) is 18.1. The van der Waals surface area contributed by atoms with Crippen LogP contribution in [0.2, 0.25) is 0 Å². The zero-order valence-electron chi connectivity index (χ0n) is 40.5. The molecule has 0 radical (unpaired) electrons. The van der Waals surface area contributed by atoms with Crippen LogP contribution < -0.4 is 19.6 Å². The number of anilines is 12. The Kier molecular flexibility index (Phi) is 13.0. The number of hydrogen-bond donors (Lipinski definition) is 0. The Morgan fingerprint density at radius 1 is 0.167 bits per heavy atom. The van der Waals surface area contributed by atoms with Gasteiger partial charge in [0.1, 0.15) is 0 Å². The molecule has 0 saturated heterocycles. The van der Waals surface area contributed by atoms with E-state index in [1.165, 1.54) is 11.1 Å². The van der Waals surface area contributed by atoms with Crippen LogP contribution in [-0.4, -0.2) is 0 Å². The Balaban J connectivity index is 0.856. The van der Waals surface area contributed by atoms with Gasteiger partial charge in [-0.3, -0.25) is 0 Å². The van der Waals surface area contributed by atoms with Gasteiger partial charge in [-0.25, -0.2) is 0 Å². The monoisotopic (exact) mass is 926 g/mol. The summed E-state index contributed by atoms with van der Waals surface area (Å²) in [7, 11) is 0. The number of rotatable bonds is 14. The van der Waals surface area contributed by atoms with Crippen LogP contribution in [-0.2, 0) is 0 Å². The van der Waals surface area contributed by atoms with E-state index in [2.05, 4.69) is 325 Å². The van der Waals surface area contributed by atoms with Crippen molar-refractivity contribution in [1.29, 1.82) is 0 Å². The molecule has 11 rings (SSSR count). The van der Waals surface area contributed by atoms with E-state index in [1.54, 1.807) is 0 Å². The van der Waals surface area contributed by atoms with Gasteiger partial charge in [-0.1, -0.05) is 151 Å². The van der Waals surface area contributed by atoms with Crippen LogP contribution in [0.1, 0.15) is 11.1 Å². The molecule has 0 unspecified atom stereocenters. The quantitative estimate of drug-likeness (QED) is 0.108. The van der Waals surface area contributed by atoms with Crippen molar-refractivity contribution in [1.82, 2.24) is 0 Å². The standard InChI is InChI=1S/C68H54N4/c1-51-26-34-61(35-27-51)69(57-18-7-3-8-19-57)65-42-46-67(47-43-65)71(59-22-11-5-12-23-59)63-38-30-53(31-39-63)55-16-15-17-56(50-55)54-32-40-64(41-33-54)72(60-24-13-6-14-25-60)68-48-44-66(45-49-68)70(58-20-9-4-10-21-58)62-36-28-52(2)29-37-62/h3-50H,1-2H3. The van der Waals surface area contributed by atoms with E-state index in [9.17, 15) is 0 Å². The smallest absolute Gasteiger partial charge is 0.0463 e. The molecule has 0 saturated carbocycles. The molecule has 0 heterocycles. The van der Waals surface area contributed by atoms with Gasteiger partial charge in [-0.15, -0.1) is 0 Å². The van der Waals surface area contributed by atoms with Crippen LogP contribution in [0.4, 0.5) is 68.2 Å². The van der Waals surface area contributed by atoms with E-state index in [-0.39, 0.29) is 0 Å². The van der Waals surface area contributed by atoms with Crippen molar-refractivity contribution in [3.63, 3.8) is 0 Å². The minimum atomic E-state index is 1.08. The lowest BCUT2D eigenvalue weighted by atomic mass is 9.98. The van der Waals surface area contributed by atoms with Crippen molar-refractivity contribution < 1.29 is 0 Å². The number of benzene rings is 11. The van der Waals surface area contributed by atoms with E-state index in [0.29, 0.717) is 0 Å². The molecule has 0 amide bonds. The van der Waals surface area contributed by atoms with Crippen LogP contribution >= 0.6 is 0 Å². The maximum atomic E-state index is 2.32. The van der Waals surface area contributed by atoms with Crippen LogP contribution in [0.25, 0.3) is 22.3 Å². The van der Waals surface area contributed by atoms with E-state index in [0.717, 1.165) is 90.5 Å². The third-order valence-corrected chi connectivity index (χ3v) is 13.2. The molecule has 0 atom stereocenters. The molecule has 0 bridgehead atoms. The predicted molar refractivity (Wildman–Crippen MR) is 306 cm³/mol. The molecule has 4 nitrogen and oxygen atoms in total. The summed E-state index contributed by atoms with van der Waals surface area (Å²) in [5.74, 6) is 0. The third-order valence-electron chi connectivity index (χ3n) is 13.2. The van der Waals surface area contributed by atoms with Gasteiger partial charge < -0.3 is 19.6 Å². The Morgan fingerprint density at radius 2 is 0.361 bits per heavy atom. The van der Waals surface area contributed by atoms with Gasteiger partial charge >= 0.3 is 0 Å². The normalized spacial score (nSPS) is 10.9. The maximum absolute atomic E-state index is 2.32. The molecule has 0 aromatic heterocycles. The summed E-state index contributed by atoms with van der Waals surface area (Å²) in [6.45, 7) is 4.25. The maximum Gasteiger partial charge on any atom is 0.0463 e. The van der Waals surface area contributed by atoms with E-state index < -0.39 is 0 Å². The summed E-state index contributed by atoms with van der Waals surface area (Å²) in [4.78, 5) is 9.25. The summed E-state index contributed by atoms with van der Waals surface area (Å²) in [6, 6.07) is 104. The molecule has 346 valence electrons. The fourth-order valence-electron chi connectivity index (χ4n) is 9.47. The Bertz CT molecular complexity index is 3240. The average Bonchev–Trinajstić information content (AvgIpc) is 3.45. The minimum absolute atomic E-state index is 1.08. The Morgan fingerprint density at radius 3 is 0.597 bits per heavy atom. The first-order valence-corrected chi connectivity index (χ1v) is 24.6. The molecular formula is C68H54N4. The van der Waals surface area contributed by atoms with Gasteiger partial charge in [0.05, 0.1) is 0 Å². The third kappa shape index (κ3) is 9.76. The first-order valence-electron chi connectivity index (χ1n) is 24.6. The molecule has 0 aliphatic rings. The lowest BCUT2D eigenvalue weighted by Crippen LogP contribution is -2.12. The zero-order chi connectivity index (χ0) is 48.6. The number of aryl methyl sites for hydroxylation is 2. The van der Waals surface area contributed by atoms with E-state index in [1.807, 2.05) is 0 Å². The molecule has 11 aromatic carbocycles. The van der Waals surface area contributed by atoms with E-state index in [4.69, 9.17) is 0 Å². The predicted octanol–water partition coefficient (Wildman–Crippen LogP) is 19.5. The highest BCUT2D eigenvalue weighted by Gasteiger charge is 2.19. The van der Waals surface area contributed by atoms with Crippen LogP contribution in [0.15, 0.2) is 291 Å². The summed E-state index contributed by atoms with van der Waals surface area (Å²) in [6.07, 6.45) is 0. The van der Waals surface area contributed by atoms with Gasteiger partial charge in [0.25, 0.3) is 0 Å². The fraction of sp³-hybridized carbons (Fsp3) is 0.0294. The zero-order valence-corrected chi connectivity index (χ0v) is 40.5. The second-order valence-electron chi connectivity index (χ2n) is 18.1. The first kappa shape index (κ1) is 45.1. The molecule has 4 heteroatoms. The molecule has 0 aliphatic carbocycles. The van der Waals surface area contributed by atoms with Gasteiger partial charge in [0.15, 0.2) is 0 Å². The molecule has 11 aromatic rings. The lowest BCUT2D eigenvalue weighted by molar-refractivity contribution is 1.25. The molecule has 0 fully saturated rings. The Labute approximate surface area is 424 Å². The highest BCUT2D eigenvalue weighted by molar-refractivity contribution is 5.85. The van der Waals surface area contributed by atoms with Gasteiger partial charge in [0, 0.05) is 68.2 Å². The summed E-state index contributed by atoms with van der Waals surface area (Å²) >= 11 is 0. The van der Waals surface area contributed by atoms with Crippen LogP contribution in [0, 0.1) is 13.8 Å². The van der Waals surface area contributed by atoms with E-state index >= 15 is 0 Å². The molecular weight excluding hydrogens is 873 g/mol. The number of nitrogens with zero attached hydrogens (tertiary/aromatic N) is 4. The van der Waals surface area contributed by atoms with Crippen molar-refractivity contribution >= 4 is 68.2 Å². The lowest BCUT2D eigenvalue weighted by Gasteiger charge is -2.28. The van der Waals surface area contributed by atoms with Crippen molar-refractivity contribution in [2.24, 2.45) is 0 Å². The number of para-hydroxylation sites is 4. The summed E-state index contributed by atoms with van der Waals surface area (Å²) in [5.41, 5.74) is 20.3.